The van der Waals surface area contributed by atoms with Gasteiger partial charge in [-0.2, -0.15) is 4.72 Å². The number of carboxylic acid groups (broad SMARTS) is 1. The summed E-state index contributed by atoms with van der Waals surface area (Å²) in [5, 5.41) is 13.1. The predicted octanol–water partition coefficient (Wildman–Crippen LogP) is 1.33. The molecule has 0 spiro atoms. The summed E-state index contributed by atoms with van der Waals surface area (Å²) in [6.07, 6.45) is 0. The van der Waals surface area contributed by atoms with Gasteiger partial charge in [-0.05, 0) is 31.4 Å². The number of carbonyl (C=O) groups is 2. The minimum Gasteiger partial charge on any atom is -0.478 e. The van der Waals surface area contributed by atoms with Crippen molar-refractivity contribution in [3.8, 4) is 0 Å². The quantitative estimate of drug-likeness (QED) is 0.673. The average molecular weight is 372 g/mol. The number of hydrogen-bond donors (Lipinski definition) is 3. The van der Waals surface area contributed by atoms with Crippen molar-refractivity contribution in [2.75, 3.05) is 0 Å². The van der Waals surface area contributed by atoms with Gasteiger partial charge in [-0.15, -0.1) is 11.3 Å². The van der Waals surface area contributed by atoms with E-state index in [2.05, 4.69) is 10.0 Å². The molecule has 8 nitrogen and oxygen atoms in total. The van der Waals surface area contributed by atoms with E-state index in [0.717, 1.165) is 11.3 Å². The fraction of sp³-hybridized carbons (Fsp3) is 0.286. The SMILES string of the molecule is Cc1oc(CNC(=O)C(C)NS(=O)(=O)c2cccs2)cc1C(=O)O. The summed E-state index contributed by atoms with van der Waals surface area (Å²) < 4.78 is 31.7. The monoisotopic (exact) mass is 372 g/mol. The second-order valence-electron chi connectivity index (χ2n) is 4.98. The van der Waals surface area contributed by atoms with Crippen LogP contribution in [0, 0.1) is 6.92 Å². The Bertz CT molecular complexity index is 839. The summed E-state index contributed by atoms with van der Waals surface area (Å²) in [7, 11) is -3.75. The molecule has 10 heteroatoms. The first-order valence-corrected chi connectivity index (χ1v) is 9.23. The molecule has 0 aliphatic heterocycles. The van der Waals surface area contributed by atoms with Crippen molar-refractivity contribution >= 4 is 33.2 Å². The molecule has 2 rings (SSSR count). The van der Waals surface area contributed by atoms with Crippen molar-refractivity contribution in [2.24, 2.45) is 0 Å². The molecule has 2 heterocycles. The number of amides is 1. The number of carbonyl (C=O) groups excluding carboxylic acids is 1. The Morgan fingerprint density at radius 2 is 2.12 bits per heavy atom. The fourth-order valence-corrected chi connectivity index (χ4v) is 4.14. The summed E-state index contributed by atoms with van der Waals surface area (Å²) >= 11 is 1.05. The molecule has 0 fully saturated rings. The molecule has 130 valence electrons. The van der Waals surface area contributed by atoms with E-state index in [4.69, 9.17) is 9.52 Å². The Morgan fingerprint density at radius 1 is 1.42 bits per heavy atom. The molecule has 0 aliphatic carbocycles. The Morgan fingerprint density at radius 3 is 2.67 bits per heavy atom. The van der Waals surface area contributed by atoms with Crippen LogP contribution in [0.4, 0.5) is 0 Å². The van der Waals surface area contributed by atoms with Crippen LogP contribution >= 0.6 is 11.3 Å². The summed E-state index contributed by atoms with van der Waals surface area (Å²) in [5.41, 5.74) is 0.0192. The van der Waals surface area contributed by atoms with Crippen LogP contribution in [0.5, 0.6) is 0 Å². The standard InChI is InChI=1S/C14H16N2O6S2/c1-8(16-24(20,21)12-4-3-5-23-12)13(17)15-7-10-6-11(14(18)19)9(2)22-10/h3-6,8,16H,7H2,1-2H3,(H,15,17)(H,18,19). The van der Waals surface area contributed by atoms with Crippen molar-refractivity contribution in [1.29, 1.82) is 0 Å². The first kappa shape index (κ1) is 18.2. The van der Waals surface area contributed by atoms with Crippen LogP contribution in [0.15, 0.2) is 32.2 Å². The molecule has 2 aromatic rings. The van der Waals surface area contributed by atoms with E-state index in [1.54, 1.807) is 11.4 Å². The molecule has 0 saturated heterocycles. The lowest BCUT2D eigenvalue weighted by Gasteiger charge is -2.13. The number of sulfonamides is 1. The topological polar surface area (TPSA) is 126 Å². The van der Waals surface area contributed by atoms with Crippen molar-refractivity contribution in [3.05, 3.63) is 40.7 Å². The van der Waals surface area contributed by atoms with Gasteiger partial charge in [0, 0.05) is 0 Å². The van der Waals surface area contributed by atoms with Gasteiger partial charge in [0.25, 0.3) is 10.0 Å². The zero-order valence-corrected chi connectivity index (χ0v) is 14.5. The van der Waals surface area contributed by atoms with Gasteiger partial charge in [0.15, 0.2) is 0 Å². The van der Waals surface area contributed by atoms with Gasteiger partial charge in [0.2, 0.25) is 5.91 Å². The van der Waals surface area contributed by atoms with E-state index in [-0.39, 0.29) is 27.8 Å². The molecule has 0 saturated carbocycles. The van der Waals surface area contributed by atoms with Crippen molar-refractivity contribution in [3.63, 3.8) is 0 Å². The molecule has 3 N–H and O–H groups in total. The van der Waals surface area contributed by atoms with Crippen LogP contribution in [0.1, 0.15) is 28.8 Å². The first-order valence-electron chi connectivity index (χ1n) is 6.87. The molecule has 1 amide bonds. The highest BCUT2D eigenvalue weighted by Crippen LogP contribution is 2.16. The van der Waals surface area contributed by atoms with E-state index in [1.165, 1.54) is 26.0 Å². The van der Waals surface area contributed by atoms with Crippen molar-refractivity contribution in [1.82, 2.24) is 10.0 Å². The normalized spacial score (nSPS) is 12.8. The Labute approximate surface area is 142 Å². The Kier molecular flexibility index (Phi) is 5.42. The van der Waals surface area contributed by atoms with Gasteiger partial charge in [-0.3, -0.25) is 4.79 Å². The number of aryl methyl sites for hydroxylation is 1. The van der Waals surface area contributed by atoms with Gasteiger partial charge in [-0.1, -0.05) is 6.07 Å². The Hall–Kier alpha value is -2.17. The van der Waals surface area contributed by atoms with E-state index in [1.807, 2.05) is 0 Å². The highest BCUT2D eigenvalue weighted by atomic mass is 32.2. The van der Waals surface area contributed by atoms with Crippen molar-refractivity contribution < 1.29 is 27.5 Å². The lowest BCUT2D eigenvalue weighted by Crippen LogP contribution is -2.44. The minimum absolute atomic E-state index is 0.0192. The van der Waals surface area contributed by atoms with Crippen LogP contribution in [-0.2, 0) is 21.4 Å². The summed E-state index contributed by atoms with van der Waals surface area (Å²) in [5.74, 6) is -1.17. The second kappa shape index (κ2) is 7.16. The van der Waals surface area contributed by atoms with Crippen LogP contribution in [0.25, 0.3) is 0 Å². The summed E-state index contributed by atoms with van der Waals surface area (Å²) in [6, 6.07) is 3.37. The smallest absolute Gasteiger partial charge is 0.339 e. The predicted molar refractivity (Wildman–Crippen MR) is 86.4 cm³/mol. The molecule has 0 radical (unpaired) electrons. The van der Waals surface area contributed by atoms with E-state index < -0.39 is 27.9 Å². The number of carboxylic acids is 1. The maximum Gasteiger partial charge on any atom is 0.339 e. The lowest BCUT2D eigenvalue weighted by atomic mass is 10.2. The fourth-order valence-electron chi connectivity index (χ4n) is 1.93. The van der Waals surface area contributed by atoms with Crippen LogP contribution < -0.4 is 10.0 Å². The first-order chi connectivity index (χ1) is 11.2. The number of rotatable bonds is 7. The third-order valence-electron chi connectivity index (χ3n) is 3.12. The molecule has 0 aromatic carbocycles. The van der Waals surface area contributed by atoms with Crippen LogP contribution in [0.3, 0.4) is 0 Å². The number of aromatic carboxylic acids is 1. The number of thiophene rings is 1. The van der Waals surface area contributed by atoms with Gasteiger partial charge >= 0.3 is 5.97 Å². The van der Waals surface area contributed by atoms with Crippen LogP contribution in [-0.4, -0.2) is 31.4 Å². The number of nitrogens with one attached hydrogen (secondary N) is 2. The van der Waals surface area contributed by atoms with E-state index in [9.17, 15) is 18.0 Å². The van der Waals surface area contributed by atoms with Crippen molar-refractivity contribution in [2.45, 2.75) is 30.6 Å². The van der Waals surface area contributed by atoms with Gasteiger partial charge in [0.1, 0.15) is 21.3 Å². The highest BCUT2D eigenvalue weighted by Gasteiger charge is 2.23. The van der Waals surface area contributed by atoms with Gasteiger partial charge in [-0.25, -0.2) is 13.2 Å². The molecule has 24 heavy (non-hydrogen) atoms. The largest absolute Gasteiger partial charge is 0.478 e. The molecule has 0 aliphatic rings. The number of hydrogen-bond acceptors (Lipinski definition) is 6. The molecule has 2 aromatic heterocycles. The summed E-state index contributed by atoms with van der Waals surface area (Å²) in [6.45, 7) is 2.88. The van der Waals surface area contributed by atoms with Crippen LogP contribution in [0.2, 0.25) is 0 Å². The third-order valence-corrected chi connectivity index (χ3v) is 6.06. The Balaban J connectivity index is 1.95. The lowest BCUT2D eigenvalue weighted by molar-refractivity contribution is -0.122. The van der Waals surface area contributed by atoms with Gasteiger partial charge < -0.3 is 14.8 Å². The molecule has 1 atom stereocenters. The molecular weight excluding hydrogens is 356 g/mol. The molecular formula is C14H16N2O6S2. The minimum atomic E-state index is -3.75. The highest BCUT2D eigenvalue weighted by molar-refractivity contribution is 7.91. The maximum absolute atomic E-state index is 12.0. The molecule has 1 unspecified atom stereocenters. The van der Waals surface area contributed by atoms with E-state index >= 15 is 0 Å². The third kappa shape index (κ3) is 4.22. The second-order valence-corrected chi connectivity index (χ2v) is 7.87. The molecule has 0 bridgehead atoms. The average Bonchev–Trinajstić information content (AvgIpc) is 3.13. The summed E-state index contributed by atoms with van der Waals surface area (Å²) in [4.78, 5) is 22.9. The van der Waals surface area contributed by atoms with E-state index in [0.29, 0.717) is 0 Å². The number of furan rings is 1. The maximum atomic E-state index is 12.0. The van der Waals surface area contributed by atoms with Gasteiger partial charge in [0.05, 0.1) is 12.6 Å². The zero-order valence-electron chi connectivity index (χ0n) is 12.9. The zero-order chi connectivity index (χ0) is 17.9.